The van der Waals surface area contributed by atoms with E-state index in [0.717, 1.165) is 46.2 Å². The number of carbonyl (C=O) groups excluding carboxylic acids is 3. The predicted octanol–water partition coefficient (Wildman–Crippen LogP) is 7.48. The van der Waals surface area contributed by atoms with Crippen LogP contribution in [0, 0.1) is 12.8 Å². The van der Waals surface area contributed by atoms with Crippen molar-refractivity contribution >= 4 is 17.9 Å². The molecule has 0 amide bonds. The van der Waals surface area contributed by atoms with E-state index in [4.69, 9.17) is 14.2 Å². The molecular formula is C34H34O6. The van der Waals surface area contributed by atoms with E-state index in [1.165, 1.54) is 11.6 Å². The molecule has 4 rings (SSSR count). The number of rotatable bonds is 8. The summed E-state index contributed by atoms with van der Waals surface area (Å²) in [4.78, 5) is 36.5. The third-order valence-electron chi connectivity index (χ3n) is 6.76. The summed E-state index contributed by atoms with van der Waals surface area (Å²) in [6, 6.07) is 17.4. The Kier molecular flexibility index (Phi) is 8.38. The first kappa shape index (κ1) is 28.6. The van der Waals surface area contributed by atoms with Gasteiger partial charge in [0.15, 0.2) is 0 Å². The summed E-state index contributed by atoms with van der Waals surface area (Å²) in [6.45, 7) is 16.0. The maximum atomic E-state index is 12.3. The lowest BCUT2D eigenvalue weighted by molar-refractivity contribution is -0.144. The molecule has 6 heteroatoms. The zero-order valence-electron chi connectivity index (χ0n) is 23.6. The largest absolute Gasteiger partial charge is 0.454 e. The molecule has 0 aliphatic heterocycles. The number of esters is 3. The van der Waals surface area contributed by atoms with Crippen LogP contribution in [0.1, 0.15) is 56.9 Å². The van der Waals surface area contributed by atoms with Gasteiger partial charge in [0.1, 0.15) is 17.6 Å². The van der Waals surface area contributed by atoms with Crippen LogP contribution in [-0.4, -0.2) is 17.9 Å². The second-order valence-electron chi connectivity index (χ2n) is 10.6. The van der Waals surface area contributed by atoms with E-state index in [2.05, 4.69) is 25.3 Å². The molecular weight excluding hydrogens is 504 g/mol. The number of hydrogen-bond acceptors (Lipinski definition) is 6. The molecule has 1 aliphatic rings. The number of aryl methyl sites for hydroxylation is 2. The summed E-state index contributed by atoms with van der Waals surface area (Å²) in [5.41, 5.74) is 7.63. The monoisotopic (exact) mass is 538 g/mol. The standard InChI is InChI=1S/C34H34O6/c1-19(2)32(35)38-27-16-26(17-28(18-27)39-33(36)20(3)4)29-11-8-23(14-22(29)7)24-9-12-30-25(15-24)10-13-31(30)40-34(37)21(5)6/h8-9,11-12,14-18,20,31H,1,5,10,13H2,2-4,6-7H3. The SMILES string of the molecule is C=C(C)C(=O)Oc1cc(OC(=O)C(C)C)cc(-c2ccc(-c3ccc4c(c3)CCC4OC(=O)C(=C)C)cc2C)c1. The topological polar surface area (TPSA) is 78.9 Å². The van der Waals surface area contributed by atoms with Gasteiger partial charge in [-0.2, -0.15) is 0 Å². The Balaban J connectivity index is 1.64. The Hall–Kier alpha value is -4.45. The molecule has 3 aromatic rings. The predicted molar refractivity (Wildman–Crippen MR) is 155 cm³/mol. The molecule has 0 bridgehead atoms. The summed E-state index contributed by atoms with van der Waals surface area (Å²) < 4.78 is 16.6. The van der Waals surface area contributed by atoms with Gasteiger partial charge in [0.05, 0.1) is 5.92 Å². The van der Waals surface area contributed by atoms with Crippen LogP contribution in [0.2, 0.25) is 0 Å². The van der Waals surface area contributed by atoms with Gasteiger partial charge in [0.25, 0.3) is 0 Å². The molecule has 0 saturated carbocycles. The zero-order chi connectivity index (χ0) is 29.1. The number of ether oxygens (including phenoxy) is 3. The maximum absolute atomic E-state index is 12.3. The van der Waals surface area contributed by atoms with Gasteiger partial charge in [0.2, 0.25) is 0 Å². The van der Waals surface area contributed by atoms with Crippen molar-refractivity contribution in [3.63, 3.8) is 0 Å². The quantitative estimate of drug-likeness (QED) is 0.168. The molecule has 0 N–H and O–H groups in total. The molecule has 40 heavy (non-hydrogen) atoms. The second-order valence-corrected chi connectivity index (χ2v) is 10.6. The third-order valence-corrected chi connectivity index (χ3v) is 6.76. The third kappa shape index (κ3) is 6.40. The molecule has 1 aliphatic carbocycles. The van der Waals surface area contributed by atoms with Gasteiger partial charge in [0, 0.05) is 17.2 Å². The van der Waals surface area contributed by atoms with Crippen molar-refractivity contribution in [3.8, 4) is 33.8 Å². The molecule has 0 radical (unpaired) electrons. The van der Waals surface area contributed by atoms with Crippen LogP contribution in [0.15, 0.2) is 78.9 Å². The molecule has 6 nitrogen and oxygen atoms in total. The number of benzene rings is 3. The van der Waals surface area contributed by atoms with E-state index in [1.54, 1.807) is 39.8 Å². The van der Waals surface area contributed by atoms with Crippen LogP contribution < -0.4 is 9.47 Å². The summed E-state index contributed by atoms with van der Waals surface area (Å²) in [7, 11) is 0. The van der Waals surface area contributed by atoms with Crippen LogP contribution in [-0.2, 0) is 25.5 Å². The molecule has 206 valence electrons. The fourth-order valence-electron chi connectivity index (χ4n) is 4.55. The minimum Gasteiger partial charge on any atom is -0.454 e. The van der Waals surface area contributed by atoms with Crippen LogP contribution >= 0.6 is 0 Å². The average molecular weight is 539 g/mol. The summed E-state index contributed by atoms with van der Waals surface area (Å²) in [5, 5.41) is 0. The van der Waals surface area contributed by atoms with Crippen molar-refractivity contribution in [2.24, 2.45) is 5.92 Å². The van der Waals surface area contributed by atoms with E-state index in [9.17, 15) is 14.4 Å². The van der Waals surface area contributed by atoms with Gasteiger partial charge in [-0.25, -0.2) is 9.59 Å². The fourth-order valence-corrected chi connectivity index (χ4v) is 4.55. The lowest BCUT2D eigenvalue weighted by atomic mass is 9.94. The van der Waals surface area contributed by atoms with E-state index in [-0.39, 0.29) is 35.3 Å². The Morgan fingerprint density at radius 2 is 1.43 bits per heavy atom. The second kappa shape index (κ2) is 11.7. The highest BCUT2D eigenvalue weighted by Gasteiger charge is 2.26. The number of hydrogen-bond donors (Lipinski definition) is 0. The normalized spacial score (nSPS) is 13.9. The summed E-state index contributed by atoms with van der Waals surface area (Å²) >= 11 is 0. The van der Waals surface area contributed by atoms with Crippen molar-refractivity contribution in [1.82, 2.24) is 0 Å². The molecule has 1 unspecified atom stereocenters. The van der Waals surface area contributed by atoms with Gasteiger partial charge < -0.3 is 14.2 Å². The van der Waals surface area contributed by atoms with Gasteiger partial charge in [-0.05, 0) is 84.7 Å². The van der Waals surface area contributed by atoms with Crippen LogP contribution in [0.25, 0.3) is 22.3 Å². The summed E-state index contributed by atoms with van der Waals surface area (Å²) in [5.74, 6) is -1.06. The molecule has 0 saturated heterocycles. The Morgan fingerprint density at radius 3 is 2.05 bits per heavy atom. The van der Waals surface area contributed by atoms with E-state index >= 15 is 0 Å². The first-order chi connectivity index (χ1) is 18.9. The van der Waals surface area contributed by atoms with Crippen molar-refractivity contribution in [3.05, 3.63) is 95.6 Å². The van der Waals surface area contributed by atoms with E-state index in [1.807, 2.05) is 31.2 Å². The highest BCUT2D eigenvalue weighted by molar-refractivity contribution is 5.89. The maximum Gasteiger partial charge on any atom is 0.338 e. The zero-order valence-corrected chi connectivity index (χ0v) is 23.6. The van der Waals surface area contributed by atoms with E-state index < -0.39 is 5.97 Å². The highest BCUT2D eigenvalue weighted by Crippen LogP contribution is 2.38. The Labute approximate surface area is 235 Å². The van der Waals surface area contributed by atoms with Crippen LogP contribution in [0.3, 0.4) is 0 Å². The van der Waals surface area contributed by atoms with Gasteiger partial charge in [-0.15, -0.1) is 0 Å². The molecule has 3 aromatic carbocycles. The minimum absolute atomic E-state index is 0.248. The highest BCUT2D eigenvalue weighted by atomic mass is 16.6. The minimum atomic E-state index is -0.557. The first-order valence-electron chi connectivity index (χ1n) is 13.3. The molecule has 0 spiro atoms. The first-order valence-corrected chi connectivity index (χ1v) is 13.3. The van der Waals surface area contributed by atoms with Crippen molar-refractivity contribution in [2.75, 3.05) is 0 Å². The smallest absolute Gasteiger partial charge is 0.338 e. The van der Waals surface area contributed by atoms with Gasteiger partial charge >= 0.3 is 17.9 Å². The van der Waals surface area contributed by atoms with Crippen molar-refractivity contribution in [1.29, 1.82) is 0 Å². The number of carbonyl (C=O) groups is 3. The lowest BCUT2D eigenvalue weighted by Crippen LogP contribution is -2.15. The van der Waals surface area contributed by atoms with Crippen LogP contribution in [0.5, 0.6) is 11.5 Å². The molecule has 1 atom stereocenters. The lowest BCUT2D eigenvalue weighted by Gasteiger charge is -2.15. The van der Waals surface area contributed by atoms with Gasteiger partial charge in [-0.3, -0.25) is 4.79 Å². The molecule has 0 fully saturated rings. The van der Waals surface area contributed by atoms with E-state index in [0.29, 0.717) is 11.3 Å². The van der Waals surface area contributed by atoms with Crippen molar-refractivity contribution in [2.45, 2.75) is 53.6 Å². The van der Waals surface area contributed by atoms with Gasteiger partial charge in [-0.1, -0.05) is 63.4 Å². The average Bonchev–Trinajstić information content (AvgIpc) is 3.29. The summed E-state index contributed by atoms with van der Waals surface area (Å²) in [6.07, 6.45) is 1.34. The fraction of sp³-hybridized carbons (Fsp3) is 0.265. The Bertz CT molecular complexity index is 1530. The molecule has 0 aromatic heterocycles. The molecule has 0 heterocycles. The van der Waals surface area contributed by atoms with Crippen molar-refractivity contribution < 1.29 is 28.6 Å². The number of fused-ring (bicyclic) bond motifs is 1. The van der Waals surface area contributed by atoms with Crippen LogP contribution in [0.4, 0.5) is 0 Å². The Morgan fingerprint density at radius 1 is 0.800 bits per heavy atom.